The minimum absolute atomic E-state index is 0.206. The second-order valence-electron chi connectivity index (χ2n) is 14.7. The van der Waals surface area contributed by atoms with E-state index in [-0.39, 0.29) is 19.4 Å². The SMILES string of the molecule is CCCCCCCC/C=C\CCCCCCCC(=O)OC(COC(=O)CCCCCCCCCCCCCCCCCCCC)COP(=O)(O)O. The van der Waals surface area contributed by atoms with Gasteiger partial charge in [-0.05, 0) is 38.5 Å². The fourth-order valence-corrected chi connectivity index (χ4v) is 6.67. The molecule has 0 spiro atoms. The number of hydrogen-bond acceptors (Lipinski definition) is 6. The minimum Gasteiger partial charge on any atom is -0.462 e. The van der Waals surface area contributed by atoms with Crippen molar-refractivity contribution in [1.29, 1.82) is 0 Å². The topological polar surface area (TPSA) is 119 Å². The van der Waals surface area contributed by atoms with Gasteiger partial charge in [0.15, 0.2) is 6.10 Å². The summed E-state index contributed by atoms with van der Waals surface area (Å²) in [7, 11) is -4.75. The molecule has 0 amide bonds. The lowest BCUT2D eigenvalue weighted by molar-refractivity contribution is -0.161. The fraction of sp³-hybridized carbons (Fsp3) is 0.905. The van der Waals surface area contributed by atoms with Crippen LogP contribution in [0.1, 0.15) is 226 Å². The van der Waals surface area contributed by atoms with E-state index in [0.717, 1.165) is 51.4 Å². The Kier molecular flexibility index (Phi) is 37.6. The zero-order chi connectivity index (χ0) is 37.5. The third kappa shape index (κ3) is 41.4. The smallest absolute Gasteiger partial charge is 0.462 e. The van der Waals surface area contributed by atoms with Crippen molar-refractivity contribution in [1.82, 2.24) is 0 Å². The predicted octanol–water partition coefficient (Wildman–Crippen LogP) is 13.0. The van der Waals surface area contributed by atoms with Gasteiger partial charge in [0.05, 0.1) is 6.61 Å². The highest BCUT2D eigenvalue weighted by molar-refractivity contribution is 7.46. The Morgan fingerprint density at radius 1 is 0.490 bits per heavy atom. The van der Waals surface area contributed by atoms with Crippen molar-refractivity contribution in [2.24, 2.45) is 0 Å². The summed E-state index contributed by atoms with van der Waals surface area (Å²) in [6, 6.07) is 0. The monoisotopic (exact) mass is 745 g/mol. The van der Waals surface area contributed by atoms with Crippen LogP contribution < -0.4 is 0 Å². The first-order chi connectivity index (χ1) is 24.8. The number of phosphoric acid groups is 1. The molecule has 0 fully saturated rings. The number of unbranched alkanes of at least 4 members (excludes halogenated alkanes) is 28. The van der Waals surface area contributed by atoms with E-state index in [1.54, 1.807) is 0 Å². The van der Waals surface area contributed by atoms with Gasteiger partial charge in [0.25, 0.3) is 0 Å². The first kappa shape index (κ1) is 49.8. The van der Waals surface area contributed by atoms with Gasteiger partial charge >= 0.3 is 19.8 Å². The number of rotatable bonds is 40. The minimum atomic E-state index is -4.75. The highest BCUT2D eigenvalue weighted by Crippen LogP contribution is 2.36. The van der Waals surface area contributed by atoms with Crippen LogP contribution >= 0.6 is 7.82 Å². The number of esters is 2. The predicted molar refractivity (Wildman–Crippen MR) is 212 cm³/mol. The Bertz CT molecular complexity index is 843. The standard InChI is InChI=1S/C42H81O8P/c1-3-5-7-9-11-13-15-17-19-20-21-23-24-26-28-30-32-34-36-41(43)48-38-40(39-49-51(45,46)47)50-42(44)37-35-33-31-29-27-25-22-18-16-14-12-10-8-6-4-2/h18,22,40H,3-17,19-21,23-39H2,1-2H3,(H2,45,46,47)/b22-18-. The summed E-state index contributed by atoms with van der Waals surface area (Å²) in [4.78, 5) is 42.8. The molecule has 0 heterocycles. The maximum absolute atomic E-state index is 12.4. The van der Waals surface area contributed by atoms with Crippen molar-refractivity contribution >= 4 is 19.8 Å². The summed E-state index contributed by atoms with van der Waals surface area (Å²) in [6.45, 7) is 3.70. The summed E-state index contributed by atoms with van der Waals surface area (Å²) >= 11 is 0. The van der Waals surface area contributed by atoms with Crippen LogP contribution in [0.25, 0.3) is 0 Å². The lowest BCUT2D eigenvalue weighted by Crippen LogP contribution is -2.29. The molecule has 0 aromatic carbocycles. The Hall–Kier alpha value is -1.21. The molecule has 2 N–H and O–H groups in total. The zero-order valence-electron chi connectivity index (χ0n) is 33.3. The van der Waals surface area contributed by atoms with Crippen LogP contribution in [0, 0.1) is 0 Å². The molecule has 0 aromatic heterocycles. The molecule has 0 aliphatic carbocycles. The number of carbonyl (C=O) groups excluding carboxylic acids is 2. The maximum atomic E-state index is 12.4. The molecule has 0 saturated heterocycles. The molecule has 0 saturated carbocycles. The Labute approximate surface area is 314 Å². The average Bonchev–Trinajstić information content (AvgIpc) is 3.10. The Morgan fingerprint density at radius 2 is 0.824 bits per heavy atom. The van der Waals surface area contributed by atoms with Crippen molar-refractivity contribution in [3.05, 3.63) is 12.2 Å². The average molecular weight is 745 g/mol. The van der Waals surface area contributed by atoms with Gasteiger partial charge in [0, 0.05) is 12.8 Å². The molecule has 0 aliphatic heterocycles. The van der Waals surface area contributed by atoms with Crippen LogP contribution in [0.3, 0.4) is 0 Å². The Morgan fingerprint density at radius 3 is 1.20 bits per heavy atom. The number of allylic oxidation sites excluding steroid dienone is 2. The molecular formula is C42H81O8P. The van der Waals surface area contributed by atoms with E-state index in [0.29, 0.717) is 6.42 Å². The molecule has 0 radical (unpaired) electrons. The molecule has 1 atom stereocenters. The number of hydrogen-bond donors (Lipinski definition) is 2. The lowest BCUT2D eigenvalue weighted by atomic mass is 10.0. The van der Waals surface area contributed by atoms with Gasteiger partial charge in [-0.1, -0.05) is 187 Å². The first-order valence-corrected chi connectivity index (χ1v) is 23.0. The van der Waals surface area contributed by atoms with E-state index in [1.165, 1.54) is 141 Å². The normalized spacial score (nSPS) is 12.5. The van der Waals surface area contributed by atoms with Gasteiger partial charge in [0.2, 0.25) is 0 Å². The van der Waals surface area contributed by atoms with Gasteiger partial charge < -0.3 is 19.3 Å². The van der Waals surface area contributed by atoms with Crippen molar-refractivity contribution < 1.29 is 37.9 Å². The van der Waals surface area contributed by atoms with Crippen LogP contribution in [0.5, 0.6) is 0 Å². The van der Waals surface area contributed by atoms with Crippen LogP contribution in [0.15, 0.2) is 12.2 Å². The van der Waals surface area contributed by atoms with Gasteiger partial charge in [-0.2, -0.15) is 0 Å². The van der Waals surface area contributed by atoms with Gasteiger partial charge in [0.1, 0.15) is 6.61 Å². The molecule has 9 heteroatoms. The number of phosphoric ester groups is 1. The van der Waals surface area contributed by atoms with E-state index in [2.05, 4.69) is 30.5 Å². The molecule has 1 unspecified atom stereocenters. The number of ether oxygens (including phenoxy) is 2. The summed E-state index contributed by atoms with van der Waals surface area (Å²) in [5.74, 6) is -0.882. The molecule has 0 bridgehead atoms. The van der Waals surface area contributed by atoms with E-state index in [1.807, 2.05) is 0 Å². The summed E-state index contributed by atoms with van der Waals surface area (Å²) in [5.41, 5.74) is 0. The van der Waals surface area contributed by atoms with E-state index in [4.69, 9.17) is 19.3 Å². The van der Waals surface area contributed by atoms with Crippen molar-refractivity contribution in [3.63, 3.8) is 0 Å². The van der Waals surface area contributed by atoms with Crippen molar-refractivity contribution in [2.75, 3.05) is 13.2 Å². The van der Waals surface area contributed by atoms with Crippen LogP contribution in [0.4, 0.5) is 0 Å². The summed E-state index contributed by atoms with van der Waals surface area (Å²) in [5, 5.41) is 0. The van der Waals surface area contributed by atoms with E-state index in [9.17, 15) is 14.2 Å². The van der Waals surface area contributed by atoms with Crippen LogP contribution in [0.2, 0.25) is 0 Å². The van der Waals surface area contributed by atoms with Gasteiger partial charge in [-0.25, -0.2) is 4.57 Å². The fourth-order valence-electron chi connectivity index (χ4n) is 6.31. The largest absolute Gasteiger partial charge is 0.469 e. The van der Waals surface area contributed by atoms with Crippen molar-refractivity contribution in [3.8, 4) is 0 Å². The molecular weight excluding hydrogens is 663 g/mol. The maximum Gasteiger partial charge on any atom is 0.469 e. The van der Waals surface area contributed by atoms with Gasteiger partial charge in [-0.3, -0.25) is 14.1 Å². The third-order valence-electron chi connectivity index (χ3n) is 9.53. The van der Waals surface area contributed by atoms with Crippen LogP contribution in [-0.2, 0) is 28.2 Å². The quantitative estimate of drug-likeness (QED) is 0.0275. The number of carbonyl (C=O) groups is 2. The van der Waals surface area contributed by atoms with E-state index < -0.39 is 32.5 Å². The lowest BCUT2D eigenvalue weighted by Gasteiger charge is -2.18. The molecule has 51 heavy (non-hydrogen) atoms. The summed E-state index contributed by atoms with van der Waals surface area (Å²) in [6.07, 6.45) is 42.2. The van der Waals surface area contributed by atoms with Gasteiger partial charge in [-0.15, -0.1) is 0 Å². The first-order valence-electron chi connectivity index (χ1n) is 21.5. The van der Waals surface area contributed by atoms with Crippen LogP contribution in [-0.4, -0.2) is 41.0 Å². The Balaban J connectivity index is 3.87. The van der Waals surface area contributed by atoms with E-state index >= 15 is 0 Å². The highest BCUT2D eigenvalue weighted by Gasteiger charge is 2.22. The second kappa shape index (κ2) is 38.5. The zero-order valence-corrected chi connectivity index (χ0v) is 34.2. The molecule has 8 nitrogen and oxygen atoms in total. The summed E-state index contributed by atoms with van der Waals surface area (Å²) < 4.78 is 26.4. The molecule has 0 aromatic rings. The second-order valence-corrected chi connectivity index (χ2v) is 15.9. The highest BCUT2D eigenvalue weighted by atomic mass is 31.2. The molecule has 302 valence electrons. The molecule has 0 aliphatic rings. The third-order valence-corrected chi connectivity index (χ3v) is 10.0. The molecule has 0 rings (SSSR count). The van der Waals surface area contributed by atoms with Crippen molar-refractivity contribution in [2.45, 2.75) is 232 Å².